The van der Waals surface area contributed by atoms with Gasteiger partial charge in [0.2, 0.25) is 0 Å². The molecule has 2 aliphatic carbocycles. The second-order valence-electron chi connectivity index (χ2n) is 11.6. The quantitative estimate of drug-likeness (QED) is 0.614. The Morgan fingerprint density at radius 3 is 2.53 bits per heavy atom. The molecule has 2 saturated carbocycles. The molecule has 4 atom stereocenters. The molecule has 5 rings (SSSR count). The van der Waals surface area contributed by atoms with Crippen LogP contribution in [0.4, 0.5) is 5.69 Å². The molecule has 34 heavy (non-hydrogen) atoms. The van der Waals surface area contributed by atoms with E-state index in [0.717, 1.165) is 29.7 Å². The zero-order valence-electron chi connectivity index (χ0n) is 20.9. The summed E-state index contributed by atoms with van der Waals surface area (Å²) < 4.78 is 27.5. The Balaban J connectivity index is 1.45. The fraction of sp³-hybridized carbons (Fsp3) is 0.536. The second kappa shape index (κ2) is 7.84. The van der Waals surface area contributed by atoms with Crippen molar-refractivity contribution in [3.8, 4) is 0 Å². The van der Waals surface area contributed by atoms with Gasteiger partial charge in [-0.15, -0.1) is 0 Å². The number of hydrogen-bond donors (Lipinski definition) is 2. The van der Waals surface area contributed by atoms with Crippen LogP contribution in [0.25, 0.3) is 0 Å². The third kappa shape index (κ3) is 3.57. The highest BCUT2D eigenvalue weighted by Crippen LogP contribution is 2.62. The van der Waals surface area contributed by atoms with Gasteiger partial charge in [-0.25, -0.2) is 8.42 Å². The van der Waals surface area contributed by atoms with Gasteiger partial charge in [-0.3, -0.25) is 4.79 Å². The molecule has 0 saturated heterocycles. The molecule has 2 aromatic rings. The van der Waals surface area contributed by atoms with Gasteiger partial charge in [-0.2, -0.15) is 0 Å². The molecule has 3 aliphatic rings. The van der Waals surface area contributed by atoms with E-state index in [4.69, 9.17) is 0 Å². The monoisotopic (exact) mass is 480 g/mol. The van der Waals surface area contributed by atoms with E-state index in [9.17, 15) is 13.2 Å². The molecular weight excluding hydrogens is 444 g/mol. The maximum atomic E-state index is 13.8. The Labute approximate surface area is 203 Å². The summed E-state index contributed by atoms with van der Waals surface area (Å²) in [5, 5.41) is 5.85. The Bertz CT molecular complexity index is 1260. The zero-order chi connectivity index (χ0) is 24.5. The molecular formula is C28H36N2O3S. The zero-order valence-corrected chi connectivity index (χ0v) is 21.7. The molecule has 1 heterocycles. The number of aryl methyl sites for hydroxylation is 2. The van der Waals surface area contributed by atoms with Crippen molar-refractivity contribution >= 4 is 21.4 Å². The number of carbonyl (C=O) groups is 1. The topological polar surface area (TPSA) is 75.3 Å². The summed E-state index contributed by atoms with van der Waals surface area (Å²) in [6.07, 6.45) is 4.71. The molecule has 2 N–H and O–H groups in total. The molecule has 1 amide bonds. The number of carbonyl (C=O) groups excluding carboxylic acids is 1. The summed E-state index contributed by atoms with van der Waals surface area (Å²) in [5.41, 5.74) is 4.12. The van der Waals surface area contributed by atoms with E-state index in [0.29, 0.717) is 29.9 Å². The molecule has 2 fully saturated rings. The second-order valence-corrected chi connectivity index (χ2v) is 13.7. The van der Waals surface area contributed by atoms with Gasteiger partial charge in [0.25, 0.3) is 5.91 Å². The van der Waals surface area contributed by atoms with E-state index >= 15 is 0 Å². The van der Waals surface area contributed by atoms with Crippen LogP contribution in [-0.2, 0) is 16.3 Å². The Kier molecular flexibility index (Phi) is 5.40. The van der Waals surface area contributed by atoms with E-state index in [1.807, 2.05) is 44.2 Å². The van der Waals surface area contributed by atoms with E-state index in [1.165, 1.54) is 6.42 Å². The third-order valence-electron chi connectivity index (χ3n) is 9.12. The van der Waals surface area contributed by atoms with Crippen molar-refractivity contribution in [3.63, 3.8) is 0 Å². The third-order valence-corrected chi connectivity index (χ3v) is 11.3. The smallest absolute Gasteiger partial charge is 0.251 e. The summed E-state index contributed by atoms with van der Waals surface area (Å²) in [6, 6.07) is 11.4. The van der Waals surface area contributed by atoms with Crippen molar-refractivity contribution in [3.05, 3.63) is 58.7 Å². The molecule has 2 aromatic carbocycles. The standard InChI is InChI=1S/C28H36N2O3S/c1-17-14-20(25(31)30-26-27(3,4)21-12-13-28(26,5)16-21)15-23(18(17)2)34(32,33)24-11-10-19-8-6-7-9-22(19)29-24/h6-9,14-15,21,24,26,29H,10-13,16H2,1-5H3,(H,30,31). The van der Waals surface area contributed by atoms with Gasteiger partial charge in [-0.05, 0) is 97.6 Å². The lowest BCUT2D eigenvalue weighted by Gasteiger charge is -2.43. The van der Waals surface area contributed by atoms with Crippen molar-refractivity contribution in [2.24, 2.45) is 16.7 Å². The molecule has 182 valence electrons. The summed E-state index contributed by atoms with van der Waals surface area (Å²) in [7, 11) is -3.68. The predicted molar refractivity (Wildman–Crippen MR) is 136 cm³/mol. The van der Waals surface area contributed by atoms with Gasteiger partial charge in [0.1, 0.15) is 5.37 Å². The van der Waals surface area contributed by atoms with Gasteiger partial charge < -0.3 is 10.6 Å². The number of amides is 1. The van der Waals surface area contributed by atoms with Gasteiger partial charge >= 0.3 is 0 Å². The van der Waals surface area contributed by atoms with Crippen molar-refractivity contribution in [2.45, 2.75) is 83.0 Å². The average molecular weight is 481 g/mol. The van der Waals surface area contributed by atoms with Crippen LogP contribution in [-0.4, -0.2) is 25.7 Å². The fourth-order valence-corrected chi connectivity index (χ4v) is 8.82. The molecule has 6 heteroatoms. The van der Waals surface area contributed by atoms with Crippen LogP contribution in [0.2, 0.25) is 0 Å². The first-order valence-electron chi connectivity index (χ1n) is 12.4. The number of hydrogen-bond acceptors (Lipinski definition) is 4. The fourth-order valence-electron chi connectivity index (χ4n) is 6.93. The first-order valence-corrected chi connectivity index (χ1v) is 14.0. The Morgan fingerprint density at radius 1 is 1.09 bits per heavy atom. The Hall–Kier alpha value is -2.34. The van der Waals surface area contributed by atoms with Crippen LogP contribution in [0.5, 0.6) is 0 Å². The van der Waals surface area contributed by atoms with Crippen LogP contribution in [0, 0.1) is 30.6 Å². The lowest BCUT2D eigenvalue weighted by Crippen LogP contribution is -2.52. The van der Waals surface area contributed by atoms with Gasteiger partial charge in [0.15, 0.2) is 9.84 Å². The molecule has 1 aliphatic heterocycles. The van der Waals surface area contributed by atoms with Crippen molar-refractivity contribution in [1.29, 1.82) is 0 Å². The van der Waals surface area contributed by atoms with Crippen molar-refractivity contribution in [1.82, 2.24) is 5.32 Å². The van der Waals surface area contributed by atoms with Crippen LogP contribution >= 0.6 is 0 Å². The van der Waals surface area contributed by atoms with Crippen LogP contribution < -0.4 is 10.6 Å². The predicted octanol–water partition coefficient (Wildman–Crippen LogP) is 5.41. The summed E-state index contributed by atoms with van der Waals surface area (Å²) >= 11 is 0. The minimum absolute atomic E-state index is 0.0384. The minimum atomic E-state index is -3.68. The number of nitrogens with one attached hydrogen (secondary N) is 2. The normalized spacial score (nSPS) is 29.4. The van der Waals surface area contributed by atoms with Crippen molar-refractivity contribution in [2.75, 3.05) is 5.32 Å². The molecule has 0 aromatic heterocycles. The van der Waals surface area contributed by atoms with E-state index in [1.54, 1.807) is 6.07 Å². The van der Waals surface area contributed by atoms with Crippen LogP contribution in [0.1, 0.15) is 73.5 Å². The van der Waals surface area contributed by atoms with Crippen LogP contribution in [0.15, 0.2) is 41.3 Å². The maximum absolute atomic E-state index is 13.8. The van der Waals surface area contributed by atoms with E-state index in [-0.39, 0.29) is 27.7 Å². The summed E-state index contributed by atoms with van der Waals surface area (Å²) in [4.78, 5) is 13.7. The van der Waals surface area contributed by atoms with E-state index < -0.39 is 15.2 Å². The lowest BCUT2D eigenvalue weighted by atomic mass is 9.68. The summed E-state index contributed by atoms with van der Waals surface area (Å²) in [5.74, 6) is 0.451. The van der Waals surface area contributed by atoms with Crippen molar-refractivity contribution < 1.29 is 13.2 Å². The first kappa shape index (κ1) is 23.4. The minimum Gasteiger partial charge on any atom is -0.369 e. The highest BCUT2D eigenvalue weighted by atomic mass is 32.2. The number of anilines is 1. The number of benzene rings is 2. The highest BCUT2D eigenvalue weighted by molar-refractivity contribution is 7.92. The molecule has 2 bridgehead atoms. The highest BCUT2D eigenvalue weighted by Gasteiger charge is 2.59. The van der Waals surface area contributed by atoms with Gasteiger partial charge in [0.05, 0.1) is 4.90 Å². The largest absolute Gasteiger partial charge is 0.369 e. The SMILES string of the molecule is Cc1cc(C(=O)NC2C3(C)CCC(C3)C2(C)C)cc(S(=O)(=O)C2CCc3ccccc3N2)c1C. The van der Waals surface area contributed by atoms with Gasteiger partial charge in [0, 0.05) is 17.3 Å². The Morgan fingerprint density at radius 2 is 1.82 bits per heavy atom. The number of rotatable bonds is 4. The first-order chi connectivity index (χ1) is 15.9. The van der Waals surface area contributed by atoms with Gasteiger partial charge in [-0.1, -0.05) is 39.0 Å². The summed E-state index contributed by atoms with van der Waals surface area (Å²) in [6.45, 7) is 10.5. The maximum Gasteiger partial charge on any atom is 0.251 e. The molecule has 0 radical (unpaired) electrons. The van der Waals surface area contributed by atoms with E-state index in [2.05, 4.69) is 31.4 Å². The average Bonchev–Trinajstić information content (AvgIpc) is 3.28. The molecule has 4 unspecified atom stereocenters. The number of sulfone groups is 1. The number of para-hydroxylation sites is 1. The molecule has 5 nitrogen and oxygen atoms in total. The van der Waals surface area contributed by atoms with Crippen LogP contribution in [0.3, 0.4) is 0 Å². The molecule has 0 spiro atoms. The number of fused-ring (bicyclic) bond motifs is 3. The lowest BCUT2D eigenvalue weighted by molar-refractivity contribution is 0.0737.